The van der Waals surface area contributed by atoms with Crippen molar-refractivity contribution in [2.45, 2.75) is 26.4 Å². The van der Waals surface area contributed by atoms with Gasteiger partial charge in [-0.2, -0.15) is 13.2 Å². The number of carbonyl (C=O) groups excluding carboxylic acids is 1. The van der Waals surface area contributed by atoms with Gasteiger partial charge in [0.1, 0.15) is 29.1 Å². The third-order valence-electron chi connectivity index (χ3n) is 3.55. The van der Waals surface area contributed by atoms with Crippen LogP contribution >= 0.6 is 0 Å². The summed E-state index contributed by atoms with van der Waals surface area (Å²) in [7, 11) is 0. The summed E-state index contributed by atoms with van der Waals surface area (Å²) in [6.07, 6.45) is -8.83. The van der Waals surface area contributed by atoms with Crippen molar-refractivity contribution >= 4 is 17.5 Å². The molecule has 1 aromatic carbocycles. The molecular weight excluding hydrogens is 467 g/mol. The van der Waals surface area contributed by atoms with E-state index >= 15 is 0 Å². The molecule has 0 spiro atoms. The Bertz CT molecular complexity index is 1130. The van der Waals surface area contributed by atoms with Crippen LogP contribution < -0.4 is 15.8 Å². The van der Waals surface area contributed by atoms with Crippen LogP contribution in [-0.4, -0.2) is 27.4 Å². The Morgan fingerprint density at radius 3 is 2.39 bits per heavy atom. The second-order valence-electron chi connectivity index (χ2n) is 5.71. The number of hydrogen-bond donors (Lipinski definition) is 2. The number of hydrogen-bond acceptors (Lipinski definition) is 7. The maximum absolute atomic E-state index is 13.6. The summed E-state index contributed by atoms with van der Waals surface area (Å²) in [5.41, 5.74) is 2.16. The molecule has 0 saturated heterocycles. The summed E-state index contributed by atoms with van der Waals surface area (Å²) >= 11 is 0. The summed E-state index contributed by atoms with van der Waals surface area (Å²) in [6.45, 7) is 4.00. The van der Waals surface area contributed by atoms with Crippen LogP contribution in [0, 0.1) is 5.82 Å². The number of aromatic nitrogens is 3. The molecule has 0 bridgehead atoms. The lowest BCUT2D eigenvalue weighted by Gasteiger charge is -2.14. The highest BCUT2D eigenvalue weighted by atomic mass is 19.4. The molecule has 0 atom stereocenters. The Morgan fingerprint density at radius 1 is 1.15 bits per heavy atom. The molecule has 178 valence electrons. The first-order valence-corrected chi connectivity index (χ1v) is 8.86. The lowest BCUT2D eigenvalue weighted by Crippen LogP contribution is -2.19. The third kappa shape index (κ3) is 6.30. The zero-order valence-corrected chi connectivity index (χ0v) is 16.7. The van der Waals surface area contributed by atoms with Gasteiger partial charge in [-0.1, -0.05) is 19.0 Å². The van der Waals surface area contributed by atoms with Crippen molar-refractivity contribution in [3.63, 3.8) is 0 Å². The van der Waals surface area contributed by atoms with Crippen LogP contribution in [0.15, 0.2) is 35.2 Å². The van der Waals surface area contributed by atoms with E-state index in [1.54, 1.807) is 0 Å². The number of ether oxygens (including phenoxy) is 1. The van der Waals surface area contributed by atoms with Gasteiger partial charge in [-0.25, -0.2) is 14.4 Å². The minimum atomic E-state index is -5.10. The molecule has 2 heterocycles. The highest BCUT2D eigenvalue weighted by molar-refractivity contribution is 6.04. The number of amides is 1. The van der Waals surface area contributed by atoms with Crippen LogP contribution in [0.25, 0.3) is 11.3 Å². The first-order valence-electron chi connectivity index (χ1n) is 8.86. The predicted octanol–water partition coefficient (Wildman–Crippen LogP) is 5.05. The Hall–Kier alpha value is -3.91. The second-order valence-corrected chi connectivity index (χ2v) is 5.71. The molecule has 0 fully saturated rings. The van der Waals surface area contributed by atoms with Crippen LogP contribution in [0.4, 0.5) is 42.4 Å². The average molecular weight is 481 g/mol. The number of alkyl halides is 6. The maximum Gasteiger partial charge on any atom is 0.573 e. The van der Waals surface area contributed by atoms with Gasteiger partial charge < -0.3 is 20.3 Å². The summed E-state index contributed by atoms with van der Waals surface area (Å²) < 4.78 is 97.6. The quantitative estimate of drug-likeness (QED) is 0.501. The fraction of sp³-hybridized carbons (Fsp3) is 0.222. The molecule has 0 unspecified atom stereocenters. The van der Waals surface area contributed by atoms with Crippen LogP contribution in [0.1, 0.15) is 29.9 Å². The number of carbonyl (C=O) groups is 1. The van der Waals surface area contributed by atoms with Crippen molar-refractivity contribution in [1.82, 2.24) is 15.1 Å². The normalized spacial score (nSPS) is 11.4. The van der Waals surface area contributed by atoms with Crippen LogP contribution in [-0.2, 0) is 6.18 Å². The SMILES string of the molecule is CC.Nc1nc(NC(=O)c2conc2C(F)(F)F)cnc1-c1cc(F)ccc1OC(F)(F)F. The number of rotatable bonds is 4. The fourth-order valence-electron chi connectivity index (χ4n) is 2.36. The molecule has 0 aliphatic carbocycles. The van der Waals surface area contributed by atoms with Crippen LogP contribution in [0.3, 0.4) is 0 Å². The van der Waals surface area contributed by atoms with Crippen molar-refractivity contribution in [3.05, 3.63) is 47.7 Å². The first-order chi connectivity index (χ1) is 15.3. The van der Waals surface area contributed by atoms with Crippen molar-refractivity contribution < 1.29 is 44.8 Å². The van der Waals surface area contributed by atoms with Gasteiger partial charge in [-0.3, -0.25) is 4.79 Å². The molecule has 3 N–H and O–H groups in total. The van der Waals surface area contributed by atoms with E-state index in [2.05, 4.69) is 24.4 Å². The van der Waals surface area contributed by atoms with Crippen molar-refractivity contribution in [2.24, 2.45) is 0 Å². The molecule has 2 aromatic heterocycles. The monoisotopic (exact) mass is 481 g/mol. The number of nitrogen functional groups attached to an aromatic ring is 1. The molecule has 8 nitrogen and oxygen atoms in total. The van der Waals surface area contributed by atoms with Gasteiger partial charge in [-0.05, 0) is 18.2 Å². The van der Waals surface area contributed by atoms with E-state index in [4.69, 9.17) is 5.73 Å². The Kier molecular flexibility index (Phi) is 7.45. The Labute approximate surface area is 180 Å². The average Bonchev–Trinajstić information content (AvgIpc) is 3.21. The summed E-state index contributed by atoms with van der Waals surface area (Å²) in [6, 6.07) is 2.06. The van der Waals surface area contributed by atoms with Crippen molar-refractivity contribution in [2.75, 3.05) is 11.1 Å². The molecule has 0 aliphatic heterocycles. The molecular formula is C18H14F7N5O3. The largest absolute Gasteiger partial charge is 0.573 e. The van der Waals surface area contributed by atoms with Gasteiger partial charge in [-0.15, -0.1) is 13.2 Å². The second kappa shape index (κ2) is 9.70. The van der Waals surface area contributed by atoms with Crippen molar-refractivity contribution in [3.8, 4) is 17.0 Å². The molecule has 0 aliphatic rings. The van der Waals surface area contributed by atoms with Crippen LogP contribution in [0.5, 0.6) is 5.75 Å². The summed E-state index contributed by atoms with van der Waals surface area (Å²) in [5, 5.41) is 4.67. The smallest absolute Gasteiger partial charge is 0.405 e. The number of halogens is 7. The third-order valence-corrected chi connectivity index (χ3v) is 3.55. The van der Waals surface area contributed by atoms with E-state index in [9.17, 15) is 35.5 Å². The lowest BCUT2D eigenvalue weighted by atomic mass is 10.1. The summed E-state index contributed by atoms with van der Waals surface area (Å²) in [4.78, 5) is 19.4. The molecule has 1 amide bonds. The van der Waals surface area contributed by atoms with E-state index in [0.717, 1.165) is 6.20 Å². The number of nitrogens with zero attached hydrogens (tertiary/aromatic N) is 3. The van der Waals surface area contributed by atoms with Crippen LogP contribution in [0.2, 0.25) is 0 Å². The van der Waals surface area contributed by atoms with Gasteiger partial charge in [0, 0.05) is 5.56 Å². The van der Waals surface area contributed by atoms with Gasteiger partial charge in [0.25, 0.3) is 5.91 Å². The number of nitrogens with two attached hydrogens (primary N) is 1. The van der Waals surface area contributed by atoms with Gasteiger partial charge >= 0.3 is 12.5 Å². The van der Waals surface area contributed by atoms with Crippen molar-refractivity contribution in [1.29, 1.82) is 0 Å². The zero-order chi connectivity index (χ0) is 25.0. The highest BCUT2D eigenvalue weighted by Gasteiger charge is 2.39. The minimum absolute atomic E-state index is 0.433. The van der Waals surface area contributed by atoms with E-state index in [0.29, 0.717) is 24.5 Å². The molecule has 15 heteroatoms. The molecule has 0 radical (unpaired) electrons. The Morgan fingerprint density at radius 2 is 1.82 bits per heavy atom. The number of anilines is 2. The number of nitrogens with one attached hydrogen (secondary N) is 1. The topological polar surface area (TPSA) is 116 Å². The zero-order valence-electron chi connectivity index (χ0n) is 16.7. The van der Waals surface area contributed by atoms with Gasteiger partial charge in [0.2, 0.25) is 0 Å². The minimum Gasteiger partial charge on any atom is -0.405 e. The standard InChI is InChI=1S/C16H8F7N5O3.C2H6/c17-6-1-2-9(31-16(21,22)23)7(3-6)11-13(24)26-10(4-25-11)27-14(29)8-5-30-28-12(8)15(18,19)20;1-2/h1-5H,(H3,24,26,27,29);1-2H3. The van der Waals surface area contributed by atoms with E-state index in [1.165, 1.54) is 0 Å². The summed E-state index contributed by atoms with van der Waals surface area (Å²) in [5.74, 6) is -4.10. The Balaban J connectivity index is 0.00000187. The van der Waals surface area contributed by atoms with Gasteiger partial charge in [0.05, 0.1) is 6.20 Å². The van der Waals surface area contributed by atoms with Gasteiger partial charge in [0.15, 0.2) is 17.3 Å². The molecule has 0 saturated carbocycles. The lowest BCUT2D eigenvalue weighted by molar-refractivity contribution is -0.274. The molecule has 3 rings (SSSR count). The fourth-order valence-corrected chi connectivity index (χ4v) is 2.36. The predicted molar refractivity (Wildman–Crippen MR) is 99.3 cm³/mol. The number of benzene rings is 1. The first kappa shape index (κ1) is 25.4. The van der Waals surface area contributed by atoms with E-state index in [-0.39, 0.29) is 0 Å². The molecule has 33 heavy (non-hydrogen) atoms. The van der Waals surface area contributed by atoms with E-state index < -0.39 is 64.2 Å². The van der Waals surface area contributed by atoms with E-state index in [1.807, 2.05) is 19.2 Å². The molecule has 3 aromatic rings. The maximum atomic E-state index is 13.6. The highest BCUT2D eigenvalue weighted by Crippen LogP contribution is 2.36.